The number of rotatable bonds is 3. The van der Waals surface area contributed by atoms with Gasteiger partial charge >= 0.3 is 0 Å². The Morgan fingerprint density at radius 3 is 2.25 bits per heavy atom. The van der Waals surface area contributed by atoms with Crippen LogP contribution in [0.4, 0.5) is 0 Å². The van der Waals surface area contributed by atoms with Crippen LogP contribution in [-0.4, -0.2) is 33.0 Å². The Hall–Kier alpha value is -3.40. The summed E-state index contributed by atoms with van der Waals surface area (Å²) in [6.07, 6.45) is 6.62. The molecule has 160 valence electrons. The number of hydrogen-bond acceptors (Lipinski definition) is 4. The van der Waals surface area contributed by atoms with Crippen molar-refractivity contribution < 1.29 is 0 Å². The number of fused-ring (bicyclic) bond motifs is 1. The van der Waals surface area contributed by atoms with Gasteiger partial charge in [0.15, 0.2) is 0 Å². The Balaban J connectivity index is 1.18. The highest BCUT2D eigenvalue weighted by Crippen LogP contribution is 2.25. The molecule has 0 bridgehead atoms. The molecule has 2 aromatic heterocycles. The van der Waals surface area contributed by atoms with E-state index < -0.39 is 0 Å². The van der Waals surface area contributed by atoms with Crippen molar-refractivity contribution in [3.63, 3.8) is 0 Å². The van der Waals surface area contributed by atoms with Crippen LogP contribution >= 0.6 is 0 Å². The molecular weight excluding hydrogens is 396 g/mol. The van der Waals surface area contributed by atoms with Gasteiger partial charge in [0, 0.05) is 11.1 Å². The van der Waals surface area contributed by atoms with E-state index in [2.05, 4.69) is 67.8 Å². The Bertz CT molecular complexity index is 1290. The number of aromatic amines is 2. The first kappa shape index (κ1) is 19.3. The lowest BCUT2D eigenvalue weighted by molar-refractivity contribution is 0.613. The summed E-state index contributed by atoms with van der Waals surface area (Å²) in [5, 5.41) is 6.98. The first-order chi connectivity index (χ1) is 15.8. The van der Waals surface area contributed by atoms with Gasteiger partial charge in [0.25, 0.3) is 0 Å². The molecule has 0 aliphatic carbocycles. The van der Waals surface area contributed by atoms with Crippen LogP contribution in [0, 0.1) is 11.8 Å². The van der Waals surface area contributed by atoms with Crippen LogP contribution in [0.1, 0.15) is 60.5 Å². The average Bonchev–Trinajstić information content (AvgIpc) is 3.63. The number of aromatic nitrogens is 4. The van der Waals surface area contributed by atoms with Gasteiger partial charge in [-0.15, -0.1) is 0 Å². The summed E-state index contributed by atoms with van der Waals surface area (Å²) < 4.78 is 0. The molecule has 2 aliphatic heterocycles. The maximum absolute atomic E-state index is 4.74. The van der Waals surface area contributed by atoms with Gasteiger partial charge in [-0.1, -0.05) is 24.0 Å². The molecule has 6 heteroatoms. The fourth-order valence-electron chi connectivity index (χ4n) is 4.65. The zero-order valence-electron chi connectivity index (χ0n) is 17.9. The predicted molar refractivity (Wildman–Crippen MR) is 126 cm³/mol. The van der Waals surface area contributed by atoms with E-state index in [1.165, 1.54) is 12.8 Å². The minimum Gasteiger partial charge on any atom is -0.341 e. The first-order valence-corrected chi connectivity index (χ1v) is 11.5. The molecule has 0 unspecified atom stereocenters. The van der Waals surface area contributed by atoms with Gasteiger partial charge in [-0.05, 0) is 74.7 Å². The largest absolute Gasteiger partial charge is 0.341 e. The fourth-order valence-corrected chi connectivity index (χ4v) is 4.65. The molecule has 4 heterocycles. The lowest BCUT2D eigenvalue weighted by atomic mass is 10.1. The van der Waals surface area contributed by atoms with E-state index in [4.69, 9.17) is 4.98 Å². The van der Waals surface area contributed by atoms with Crippen molar-refractivity contribution in [2.75, 3.05) is 13.1 Å². The van der Waals surface area contributed by atoms with E-state index in [9.17, 15) is 0 Å². The van der Waals surface area contributed by atoms with Gasteiger partial charge < -0.3 is 20.6 Å². The second-order valence-corrected chi connectivity index (χ2v) is 8.66. The van der Waals surface area contributed by atoms with E-state index in [-0.39, 0.29) is 0 Å². The summed E-state index contributed by atoms with van der Waals surface area (Å²) in [4.78, 5) is 16.2. The molecule has 6 nitrogen and oxygen atoms in total. The molecule has 0 spiro atoms. The molecule has 2 aromatic carbocycles. The lowest BCUT2D eigenvalue weighted by Gasteiger charge is -2.05. The second-order valence-electron chi connectivity index (χ2n) is 8.66. The average molecular weight is 423 g/mol. The second kappa shape index (κ2) is 8.27. The lowest BCUT2D eigenvalue weighted by Crippen LogP contribution is -2.14. The number of imidazole rings is 2. The maximum Gasteiger partial charge on any atom is 0.124 e. The molecule has 2 aliphatic rings. The SMILES string of the molecule is C(#Cc1ccc2nc([C@@H]3CCCN3)[nH]c2c1)c1ccc(-c2cnc([C@H]3CCCN3)[nH]2)cc1. The summed E-state index contributed by atoms with van der Waals surface area (Å²) in [7, 11) is 0. The van der Waals surface area contributed by atoms with Crippen LogP contribution in [0.15, 0.2) is 48.7 Å². The summed E-state index contributed by atoms with van der Waals surface area (Å²) in [5.74, 6) is 8.64. The molecule has 4 aromatic rings. The van der Waals surface area contributed by atoms with Gasteiger partial charge in [-0.2, -0.15) is 0 Å². The Morgan fingerprint density at radius 2 is 1.50 bits per heavy atom. The van der Waals surface area contributed by atoms with Crippen LogP contribution in [0.25, 0.3) is 22.3 Å². The van der Waals surface area contributed by atoms with Crippen molar-refractivity contribution in [1.82, 2.24) is 30.6 Å². The topological polar surface area (TPSA) is 81.4 Å². The number of H-pyrrole nitrogens is 2. The van der Waals surface area contributed by atoms with E-state index in [1.807, 2.05) is 18.3 Å². The molecule has 2 atom stereocenters. The van der Waals surface area contributed by atoms with Crippen molar-refractivity contribution in [2.24, 2.45) is 0 Å². The normalized spacial score (nSPS) is 20.5. The zero-order valence-corrected chi connectivity index (χ0v) is 17.9. The molecule has 2 fully saturated rings. The molecule has 0 amide bonds. The maximum atomic E-state index is 4.74. The quantitative estimate of drug-likeness (QED) is 0.373. The van der Waals surface area contributed by atoms with Crippen LogP contribution in [0.3, 0.4) is 0 Å². The van der Waals surface area contributed by atoms with Gasteiger partial charge in [0.1, 0.15) is 11.6 Å². The van der Waals surface area contributed by atoms with Crippen LogP contribution in [0.2, 0.25) is 0 Å². The number of benzene rings is 2. The number of hydrogen-bond donors (Lipinski definition) is 4. The molecule has 4 N–H and O–H groups in total. The van der Waals surface area contributed by atoms with E-state index in [1.54, 1.807) is 0 Å². The van der Waals surface area contributed by atoms with E-state index in [0.29, 0.717) is 12.1 Å². The smallest absolute Gasteiger partial charge is 0.124 e. The molecule has 0 radical (unpaired) electrons. The minimum atomic E-state index is 0.343. The number of nitrogens with zero attached hydrogens (tertiary/aromatic N) is 2. The molecule has 2 saturated heterocycles. The Kier molecular flexibility index (Phi) is 4.99. The molecule has 6 rings (SSSR count). The van der Waals surface area contributed by atoms with Gasteiger partial charge in [-0.3, -0.25) is 0 Å². The van der Waals surface area contributed by atoms with E-state index >= 15 is 0 Å². The first-order valence-electron chi connectivity index (χ1n) is 11.5. The molecule has 32 heavy (non-hydrogen) atoms. The summed E-state index contributed by atoms with van der Waals surface area (Å²) in [6, 6.07) is 15.2. The monoisotopic (exact) mass is 422 g/mol. The summed E-state index contributed by atoms with van der Waals surface area (Å²) in [6.45, 7) is 2.14. The fraction of sp³-hybridized carbons (Fsp3) is 0.308. The third-order valence-corrected chi connectivity index (χ3v) is 6.42. The standard InChI is InChI=1S/C26H26N6/c1-3-21(27-13-1)25-29-16-24(32-25)19-10-7-17(8-11-19)5-6-18-9-12-20-23(15-18)31-26(30-20)22-4-2-14-28-22/h7-12,15-16,21-22,27-28H,1-4,13-14H2,(H,29,32)(H,30,31)/t21-,22+/m1/s1. The van der Waals surface area contributed by atoms with Gasteiger partial charge in [-0.25, -0.2) is 9.97 Å². The molecule has 0 saturated carbocycles. The third kappa shape index (κ3) is 3.81. The highest BCUT2D eigenvalue weighted by molar-refractivity contribution is 5.77. The third-order valence-electron chi connectivity index (χ3n) is 6.42. The van der Waals surface area contributed by atoms with Crippen molar-refractivity contribution in [1.29, 1.82) is 0 Å². The van der Waals surface area contributed by atoms with Crippen molar-refractivity contribution in [2.45, 2.75) is 37.8 Å². The van der Waals surface area contributed by atoms with Crippen LogP contribution in [0.5, 0.6) is 0 Å². The van der Waals surface area contributed by atoms with Gasteiger partial charge in [0.2, 0.25) is 0 Å². The zero-order chi connectivity index (χ0) is 21.3. The summed E-state index contributed by atoms with van der Waals surface area (Å²) >= 11 is 0. The minimum absolute atomic E-state index is 0.343. The number of nitrogens with one attached hydrogen (secondary N) is 4. The predicted octanol–water partition coefficient (Wildman–Crippen LogP) is 4.20. The molecular formula is C26H26N6. The Labute approximate surface area is 187 Å². The van der Waals surface area contributed by atoms with Gasteiger partial charge in [0.05, 0.1) is 35.0 Å². The van der Waals surface area contributed by atoms with Crippen molar-refractivity contribution in [3.05, 3.63) is 71.4 Å². The van der Waals surface area contributed by atoms with E-state index in [0.717, 1.165) is 71.0 Å². The van der Waals surface area contributed by atoms with Crippen LogP contribution < -0.4 is 10.6 Å². The van der Waals surface area contributed by atoms with Crippen molar-refractivity contribution in [3.8, 4) is 23.1 Å². The Morgan fingerprint density at radius 1 is 0.781 bits per heavy atom. The highest BCUT2D eigenvalue weighted by Gasteiger charge is 2.20. The van der Waals surface area contributed by atoms with Crippen LogP contribution in [-0.2, 0) is 0 Å². The summed E-state index contributed by atoms with van der Waals surface area (Å²) in [5.41, 5.74) is 6.19. The highest BCUT2D eigenvalue weighted by atomic mass is 15.0. The van der Waals surface area contributed by atoms with Crippen molar-refractivity contribution >= 4 is 11.0 Å².